The topological polar surface area (TPSA) is 200 Å². The molecule has 382 valence electrons. The molecular formula is C54H60Cl2N16O2. The van der Waals surface area contributed by atoms with Crippen LogP contribution < -0.4 is 41.7 Å². The molecule has 0 bridgehead atoms. The van der Waals surface area contributed by atoms with E-state index in [0.717, 1.165) is 88.9 Å². The molecule has 0 saturated carbocycles. The summed E-state index contributed by atoms with van der Waals surface area (Å²) in [6.45, 7) is 9.65. The van der Waals surface area contributed by atoms with Crippen LogP contribution in [0.3, 0.4) is 0 Å². The average Bonchev–Trinajstić information content (AvgIpc) is 3.43. The van der Waals surface area contributed by atoms with Crippen LogP contribution in [-0.4, -0.2) is 118 Å². The first-order valence-electron chi connectivity index (χ1n) is 25.3. The van der Waals surface area contributed by atoms with Crippen LogP contribution in [0.25, 0.3) is 21.8 Å². The van der Waals surface area contributed by atoms with E-state index in [1.165, 1.54) is 0 Å². The van der Waals surface area contributed by atoms with Crippen LogP contribution in [0.4, 0.5) is 58.4 Å². The second-order valence-corrected chi connectivity index (χ2v) is 19.1. The summed E-state index contributed by atoms with van der Waals surface area (Å²) in [5.41, 5.74) is 6.72. The number of aromatic nitrogens is 8. The third-order valence-corrected chi connectivity index (χ3v) is 13.5. The molecule has 2 saturated heterocycles. The van der Waals surface area contributed by atoms with Crippen LogP contribution in [0.15, 0.2) is 116 Å². The molecule has 6 heterocycles. The van der Waals surface area contributed by atoms with E-state index in [9.17, 15) is 0 Å². The molecule has 10 rings (SSSR count). The number of nitrogens with zero attached hydrogens (tertiary/aromatic N) is 10. The van der Waals surface area contributed by atoms with Gasteiger partial charge in [0.25, 0.3) is 0 Å². The van der Waals surface area contributed by atoms with Gasteiger partial charge in [-0.15, -0.1) is 0 Å². The minimum atomic E-state index is -0.109. The third-order valence-electron chi connectivity index (χ3n) is 13.0. The van der Waals surface area contributed by atoms with Gasteiger partial charge in [-0.05, 0) is 104 Å². The summed E-state index contributed by atoms with van der Waals surface area (Å²) < 4.78 is 12.1. The number of morpholine rings is 2. The molecular weight excluding hydrogens is 976 g/mol. The van der Waals surface area contributed by atoms with Crippen molar-refractivity contribution < 1.29 is 9.47 Å². The van der Waals surface area contributed by atoms with Crippen molar-refractivity contribution >= 4 is 103 Å². The Hall–Kier alpha value is -7.38. The average molecular weight is 1040 g/mol. The second-order valence-electron chi connectivity index (χ2n) is 18.2. The number of rotatable bonds is 22. The Morgan fingerprint density at radius 2 is 1.04 bits per heavy atom. The van der Waals surface area contributed by atoms with Crippen molar-refractivity contribution in [3.05, 3.63) is 131 Å². The number of benzene rings is 4. The van der Waals surface area contributed by atoms with Gasteiger partial charge in [0.1, 0.15) is 0 Å². The third kappa shape index (κ3) is 13.2. The van der Waals surface area contributed by atoms with Crippen LogP contribution in [0.1, 0.15) is 44.1 Å². The lowest BCUT2D eigenvalue weighted by molar-refractivity contribution is 0.0255. The molecule has 0 radical (unpaired) electrons. The molecule has 2 aliphatic heterocycles. The summed E-state index contributed by atoms with van der Waals surface area (Å²) in [6, 6.07) is 33.9. The molecule has 2 atom stereocenters. The van der Waals surface area contributed by atoms with Gasteiger partial charge in [0, 0.05) is 114 Å². The number of nitrogens with one attached hydrogen (secondary N) is 6. The van der Waals surface area contributed by atoms with Gasteiger partial charge in [0.2, 0.25) is 35.7 Å². The van der Waals surface area contributed by atoms with Crippen molar-refractivity contribution in [1.82, 2.24) is 39.9 Å². The van der Waals surface area contributed by atoms with E-state index in [1.807, 2.05) is 78.9 Å². The number of anilines is 10. The molecule has 0 spiro atoms. The first-order chi connectivity index (χ1) is 36.4. The molecule has 2 unspecified atom stereocenters. The van der Waals surface area contributed by atoms with E-state index in [4.69, 9.17) is 62.6 Å². The van der Waals surface area contributed by atoms with Crippen molar-refractivity contribution in [3.8, 4) is 0 Å². The summed E-state index contributed by atoms with van der Waals surface area (Å²) in [4.78, 5) is 42.3. The summed E-state index contributed by atoms with van der Waals surface area (Å²) in [5, 5.41) is 24.3. The minimum Gasteiger partial charge on any atom is -0.384 e. The zero-order valence-electron chi connectivity index (χ0n) is 41.3. The molecule has 2 fully saturated rings. The van der Waals surface area contributed by atoms with Gasteiger partial charge in [-0.25, -0.2) is 0 Å². The van der Waals surface area contributed by atoms with Crippen LogP contribution in [0.5, 0.6) is 0 Å². The van der Waals surface area contributed by atoms with Gasteiger partial charge in [0.15, 0.2) is 0 Å². The fourth-order valence-corrected chi connectivity index (χ4v) is 9.30. The van der Waals surface area contributed by atoms with E-state index in [1.54, 1.807) is 12.4 Å². The lowest BCUT2D eigenvalue weighted by Gasteiger charge is -2.36. The zero-order valence-corrected chi connectivity index (χ0v) is 42.8. The number of hydrogen-bond donors (Lipinski definition) is 6. The molecule has 2 aliphatic rings. The molecule has 4 aromatic heterocycles. The maximum Gasteiger partial charge on any atom is 0.233 e. The largest absolute Gasteiger partial charge is 0.384 e. The maximum atomic E-state index is 6.44. The Kier molecular flexibility index (Phi) is 16.7. The van der Waals surface area contributed by atoms with E-state index in [2.05, 4.69) is 82.9 Å². The van der Waals surface area contributed by atoms with Gasteiger partial charge >= 0.3 is 0 Å². The fraction of sp³-hybridized carbons (Fsp3) is 0.333. The Morgan fingerprint density at radius 1 is 0.541 bits per heavy atom. The SMILES string of the molecule is CC(c1ccc(Nc2nc(NCCCCNc3ccnc4cc(Cl)ccc34)nc(N3CCOCC3)n2)cc1)C1CN(c2nc(NCCCCNc3ccnc4cc(Cl)ccc34)nc(Nc3ccccc3)n2)CCO1. The Morgan fingerprint density at radius 3 is 1.61 bits per heavy atom. The van der Waals surface area contributed by atoms with E-state index < -0.39 is 0 Å². The first kappa shape index (κ1) is 50.2. The highest BCUT2D eigenvalue weighted by Gasteiger charge is 2.29. The van der Waals surface area contributed by atoms with Crippen molar-refractivity contribution in [2.24, 2.45) is 0 Å². The van der Waals surface area contributed by atoms with Crippen molar-refractivity contribution in [1.29, 1.82) is 0 Å². The van der Waals surface area contributed by atoms with Crippen molar-refractivity contribution in [3.63, 3.8) is 0 Å². The van der Waals surface area contributed by atoms with Crippen LogP contribution in [0, 0.1) is 0 Å². The normalized spacial score (nSPS) is 15.2. The summed E-state index contributed by atoms with van der Waals surface area (Å²) in [5.74, 6) is 3.25. The van der Waals surface area contributed by atoms with Gasteiger partial charge in [0.05, 0.1) is 37.0 Å². The molecule has 0 aliphatic carbocycles. The van der Waals surface area contributed by atoms with Crippen molar-refractivity contribution in [2.75, 3.05) is 114 Å². The Balaban J connectivity index is 0.746. The molecule has 4 aromatic carbocycles. The highest BCUT2D eigenvalue weighted by Crippen LogP contribution is 2.30. The highest BCUT2D eigenvalue weighted by atomic mass is 35.5. The number of fused-ring (bicyclic) bond motifs is 2. The van der Waals surface area contributed by atoms with E-state index in [-0.39, 0.29) is 12.0 Å². The second kappa shape index (κ2) is 24.6. The lowest BCUT2D eigenvalue weighted by Crippen LogP contribution is -2.45. The van der Waals surface area contributed by atoms with Gasteiger partial charge < -0.3 is 51.2 Å². The van der Waals surface area contributed by atoms with Crippen molar-refractivity contribution in [2.45, 2.75) is 44.6 Å². The monoisotopic (exact) mass is 1030 g/mol. The number of hydrogen-bond acceptors (Lipinski definition) is 18. The molecule has 18 nitrogen and oxygen atoms in total. The highest BCUT2D eigenvalue weighted by molar-refractivity contribution is 6.31. The quantitative estimate of drug-likeness (QED) is 0.0350. The van der Waals surface area contributed by atoms with E-state index in [0.29, 0.717) is 105 Å². The maximum absolute atomic E-state index is 6.44. The zero-order chi connectivity index (χ0) is 50.5. The standard InChI is InChI=1S/C54H60Cl2N16O2/c1-36(37-11-15-41(16-12-37)64-52-65-49(67-53(69-52)71-27-30-73-31-28-71)61-23-7-5-21-57-44-19-25-59-46-33-38(55)13-17-42(44)46)48-35-72(29-32-74-48)54-68-50(66-51(70-54)63-40-9-3-2-4-10-40)62-24-8-6-22-58-45-20-26-60-47-34-39(56)14-18-43(45)47/h2-4,9-20,25-26,33-34,36,48H,5-8,21-24,27-32,35H2,1H3,(H,57,59)(H,58,60)(H2,61,64,65,67,69)(H2,62,63,66,68,70). The van der Waals surface area contributed by atoms with Gasteiger partial charge in [-0.3, -0.25) is 9.97 Å². The summed E-state index contributed by atoms with van der Waals surface area (Å²) >= 11 is 12.4. The summed E-state index contributed by atoms with van der Waals surface area (Å²) in [6.07, 6.45) is 7.19. The van der Waals surface area contributed by atoms with Crippen LogP contribution in [0.2, 0.25) is 10.0 Å². The number of halogens is 2. The number of pyridine rings is 2. The minimum absolute atomic E-state index is 0.0731. The first-order valence-corrected chi connectivity index (χ1v) is 26.1. The Labute approximate surface area is 440 Å². The number of unbranched alkanes of at least 4 members (excludes halogenated alkanes) is 2. The van der Waals surface area contributed by atoms with E-state index >= 15 is 0 Å². The predicted molar refractivity (Wildman–Crippen MR) is 298 cm³/mol. The molecule has 8 aromatic rings. The van der Waals surface area contributed by atoms with Gasteiger partial charge in [-0.1, -0.05) is 60.5 Å². The van der Waals surface area contributed by atoms with Crippen LogP contribution >= 0.6 is 23.2 Å². The molecule has 20 heteroatoms. The number of ether oxygens (including phenoxy) is 2. The number of para-hydroxylation sites is 1. The molecule has 0 amide bonds. The summed E-state index contributed by atoms with van der Waals surface area (Å²) in [7, 11) is 0. The predicted octanol–water partition coefficient (Wildman–Crippen LogP) is 10.4. The van der Waals surface area contributed by atoms with Crippen LogP contribution in [-0.2, 0) is 9.47 Å². The molecule has 6 N–H and O–H groups in total. The smallest absolute Gasteiger partial charge is 0.233 e. The Bertz CT molecular complexity index is 3120. The molecule has 74 heavy (non-hydrogen) atoms. The lowest BCUT2D eigenvalue weighted by atomic mass is 9.94. The van der Waals surface area contributed by atoms with Gasteiger partial charge in [-0.2, -0.15) is 29.9 Å². The fourth-order valence-electron chi connectivity index (χ4n) is 8.97.